The topological polar surface area (TPSA) is 88.3 Å². The van der Waals surface area contributed by atoms with E-state index in [2.05, 4.69) is 10.3 Å². The van der Waals surface area contributed by atoms with Gasteiger partial charge in [0.25, 0.3) is 5.91 Å². The second-order valence-electron chi connectivity index (χ2n) is 5.02. The molecule has 0 radical (unpaired) electrons. The molecule has 2 rings (SSSR count). The van der Waals surface area contributed by atoms with Gasteiger partial charge in [0.2, 0.25) is 5.91 Å². The van der Waals surface area contributed by atoms with E-state index in [-0.39, 0.29) is 11.8 Å². The van der Waals surface area contributed by atoms with Crippen LogP contribution < -0.4 is 11.1 Å². The highest BCUT2D eigenvalue weighted by Gasteiger charge is 2.26. The minimum atomic E-state index is -0.744. The van der Waals surface area contributed by atoms with Crippen LogP contribution in [0.3, 0.4) is 0 Å². The van der Waals surface area contributed by atoms with Gasteiger partial charge in [-0.05, 0) is 12.5 Å². The Hall–Kier alpha value is -2.41. The van der Waals surface area contributed by atoms with Crippen molar-refractivity contribution >= 4 is 28.3 Å². The minimum absolute atomic E-state index is 0.199. The van der Waals surface area contributed by atoms with Gasteiger partial charge in [0.05, 0.1) is 5.69 Å². The van der Waals surface area contributed by atoms with Crippen LogP contribution in [0, 0.1) is 6.92 Å². The summed E-state index contributed by atoms with van der Waals surface area (Å²) in [5.74, 6) is -0.551. The Balaban J connectivity index is 2.29. The fraction of sp³-hybridized carbons (Fsp3) is 0.267. The maximum atomic E-state index is 12.4. The van der Waals surface area contributed by atoms with E-state index in [1.54, 1.807) is 33.2 Å². The zero-order valence-corrected chi connectivity index (χ0v) is 13.5. The van der Waals surface area contributed by atoms with Crippen LogP contribution in [-0.4, -0.2) is 35.8 Å². The van der Waals surface area contributed by atoms with Crippen LogP contribution in [0.15, 0.2) is 30.3 Å². The van der Waals surface area contributed by atoms with Crippen LogP contribution in [0.1, 0.15) is 27.0 Å². The average molecular weight is 318 g/mol. The number of nitrogens with zero attached hydrogens (tertiary/aromatic N) is 2. The van der Waals surface area contributed by atoms with Crippen molar-refractivity contribution in [1.82, 2.24) is 15.2 Å². The monoisotopic (exact) mass is 318 g/mol. The molecule has 2 aromatic rings. The molecule has 7 heteroatoms. The molecule has 0 fully saturated rings. The summed E-state index contributed by atoms with van der Waals surface area (Å²) in [5, 5.41) is 3.10. The molecule has 116 valence electrons. The van der Waals surface area contributed by atoms with Crippen molar-refractivity contribution < 1.29 is 9.59 Å². The van der Waals surface area contributed by atoms with Crippen molar-refractivity contribution in [2.45, 2.75) is 13.0 Å². The lowest BCUT2D eigenvalue weighted by Gasteiger charge is -2.22. The number of likely N-dealkylation sites (N-methyl/N-ethyl adjacent to an activating group) is 1. The number of nitrogens with two attached hydrogens (primary N) is 1. The summed E-state index contributed by atoms with van der Waals surface area (Å²) in [6.07, 6.45) is 0. The van der Waals surface area contributed by atoms with Gasteiger partial charge in [0, 0.05) is 14.1 Å². The number of carbonyl (C=O) groups excluding carboxylic acids is 2. The fourth-order valence-corrected chi connectivity index (χ4v) is 2.75. The first-order chi connectivity index (χ1) is 10.4. The molecule has 1 aromatic carbocycles. The van der Waals surface area contributed by atoms with Crippen molar-refractivity contribution in [3.63, 3.8) is 0 Å². The van der Waals surface area contributed by atoms with E-state index in [4.69, 9.17) is 5.73 Å². The second kappa shape index (κ2) is 6.57. The molecule has 1 heterocycles. The normalized spacial score (nSPS) is 11.8. The summed E-state index contributed by atoms with van der Waals surface area (Å²) in [6, 6.07) is 8.38. The van der Waals surface area contributed by atoms with Gasteiger partial charge in [0.15, 0.2) is 5.13 Å². The molecule has 0 spiro atoms. The predicted octanol–water partition coefficient (Wildman–Crippen LogP) is 1.59. The number of nitrogens with one attached hydrogen (secondary N) is 1. The molecule has 2 amide bonds. The van der Waals surface area contributed by atoms with E-state index in [0.29, 0.717) is 15.7 Å². The Morgan fingerprint density at radius 3 is 2.41 bits per heavy atom. The Labute approximate surface area is 133 Å². The first-order valence-electron chi connectivity index (χ1n) is 6.70. The number of anilines is 1. The van der Waals surface area contributed by atoms with Gasteiger partial charge in [-0.15, -0.1) is 0 Å². The summed E-state index contributed by atoms with van der Waals surface area (Å²) >= 11 is 1.11. The third-order valence-electron chi connectivity index (χ3n) is 3.12. The van der Waals surface area contributed by atoms with Crippen LogP contribution >= 0.6 is 11.3 Å². The molecule has 0 aliphatic heterocycles. The van der Waals surface area contributed by atoms with E-state index in [1.165, 1.54) is 4.90 Å². The molecule has 0 saturated carbocycles. The zero-order chi connectivity index (χ0) is 16.3. The number of nitrogen functional groups attached to an aromatic ring is 1. The number of amides is 2. The van der Waals surface area contributed by atoms with Crippen molar-refractivity contribution in [1.29, 1.82) is 0 Å². The SMILES string of the molecule is Cc1nc(N)sc1C(=O)N[C@H](C(=O)N(C)C)c1ccccc1. The highest BCUT2D eigenvalue weighted by Crippen LogP contribution is 2.22. The summed E-state index contributed by atoms with van der Waals surface area (Å²) < 4.78 is 0. The maximum Gasteiger partial charge on any atom is 0.264 e. The smallest absolute Gasteiger partial charge is 0.264 e. The molecule has 3 N–H and O–H groups in total. The molecule has 6 nitrogen and oxygen atoms in total. The van der Waals surface area contributed by atoms with Crippen molar-refractivity contribution in [2.75, 3.05) is 19.8 Å². The van der Waals surface area contributed by atoms with Gasteiger partial charge in [-0.25, -0.2) is 4.98 Å². The number of aromatic nitrogens is 1. The Bertz CT molecular complexity index is 682. The van der Waals surface area contributed by atoms with E-state index in [9.17, 15) is 9.59 Å². The first kappa shape index (κ1) is 16.0. The van der Waals surface area contributed by atoms with Crippen LogP contribution in [-0.2, 0) is 4.79 Å². The van der Waals surface area contributed by atoms with Crippen LogP contribution in [0.2, 0.25) is 0 Å². The minimum Gasteiger partial charge on any atom is -0.375 e. The lowest BCUT2D eigenvalue weighted by molar-refractivity contribution is -0.130. The number of thiazole rings is 1. The summed E-state index contributed by atoms with van der Waals surface area (Å²) in [5.41, 5.74) is 6.91. The molecular formula is C15H18N4O2S. The number of carbonyl (C=O) groups is 2. The number of aryl methyl sites for hydroxylation is 1. The van der Waals surface area contributed by atoms with Crippen LogP contribution in [0.4, 0.5) is 5.13 Å². The quantitative estimate of drug-likeness (QED) is 0.896. The molecular weight excluding hydrogens is 300 g/mol. The van der Waals surface area contributed by atoms with Crippen molar-refractivity contribution in [3.05, 3.63) is 46.5 Å². The number of benzene rings is 1. The molecule has 1 atom stereocenters. The highest BCUT2D eigenvalue weighted by atomic mass is 32.1. The summed E-state index contributed by atoms with van der Waals surface area (Å²) in [4.78, 5) is 30.7. The average Bonchev–Trinajstić information content (AvgIpc) is 2.83. The van der Waals surface area contributed by atoms with Crippen LogP contribution in [0.5, 0.6) is 0 Å². The lowest BCUT2D eigenvalue weighted by atomic mass is 10.1. The predicted molar refractivity (Wildman–Crippen MR) is 86.6 cm³/mol. The standard InChI is InChI=1S/C15H18N4O2S/c1-9-12(22-15(16)17-9)13(20)18-11(14(21)19(2)3)10-7-5-4-6-8-10/h4-8,11H,1-3H3,(H2,16,17)(H,18,20)/t11-/m0/s1. The highest BCUT2D eigenvalue weighted by molar-refractivity contribution is 7.17. The van der Waals surface area contributed by atoms with E-state index < -0.39 is 6.04 Å². The van der Waals surface area contributed by atoms with E-state index in [0.717, 1.165) is 16.9 Å². The zero-order valence-electron chi connectivity index (χ0n) is 12.7. The molecule has 0 aliphatic rings. The number of hydrogen-bond acceptors (Lipinski definition) is 5. The van der Waals surface area contributed by atoms with E-state index in [1.807, 2.05) is 18.2 Å². The fourth-order valence-electron chi connectivity index (χ4n) is 2.02. The molecule has 1 aromatic heterocycles. The van der Waals surface area contributed by atoms with Gasteiger partial charge >= 0.3 is 0 Å². The Morgan fingerprint density at radius 2 is 1.91 bits per heavy atom. The Morgan fingerprint density at radius 1 is 1.27 bits per heavy atom. The van der Waals surface area contributed by atoms with Crippen LogP contribution in [0.25, 0.3) is 0 Å². The van der Waals surface area contributed by atoms with Gasteiger partial charge in [-0.1, -0.05) is 41.7 Å². The number of rotatable bonds is 4. The third-order valence-corrected chi connectivity index (χ3v) is 4.10. The van der Waals surface area contributed by atoms with Crippen molar-refractivity contribution in [3.8, 4) is 0 Å². The van der Waals surface area contributed by atoms with Crippen molar-refractivity contribution in [2.24, 2.45) is 0 Å². The molecule has 0 aliphatic carbocycles. The maximum absolute atomic E-state index is 12.4. The van der Waals surface area contributed by atoms with Gasteiger partial charge in [-0.2, -0.15) is 0 Å². The number of hydrogen-bond donors (Lipinski definition) is 2. The largest absolute Gasteiger partial charge is 0.375 e. The summed E-state index contributed by atoms with van der Waals surface area (Å²) in [7, 11) is 3.31. The molecule has 22 heavy (non-hydrogen) atoms. The third kappa shape index (κ3) is 3.43. The second-order valence-corrected chi connectivity index (χ2v) is 6.05. The van der Waals surface area contributed by atoms with Gasteiger partial charge in [-0.3, -0.25) is 9.59 Å². The van der Waals surface area contributed by atoms with E-state index >= 15 is 0 Å². The van der Waals surface area contributed by atoms with Gasteiger partial charge in [0.1, 0.15) is 10.9 Å². The molecule has 0 bridgehead atoms. The molecule has 0 unspecified atom stereocenters. The lowest BCUT2D eigenvalue weighted by Crippen LogP contribution is -2.39. The molecule has 0 saturated heterocycles. The summed E-state index contributed by atoms with van der Waals surface area (Å²) in [6.45, 7) is 1.72. The Kier molecular flexibility index (Phi) is 4.77. The first-order valence-corrected chi connectivity index (χ1v) is 7.51. The van der Waals surface area contributed by atoms with Gasteiger partial charge < -0.3 is 16.0 Å².